The van der Waals surface area contributed by atoms with Gasteiger partial charge in [-0.3, -0.25) is 10.1 Å². The smallest absolute Gasteiger partial charge is 0.368 e. The van der Waals surface area contributed by atoms with Crippen LogP contribution in [0.15, 0.2) is 12.3 Å². The molecular formula is C15H15F3N6O2S. The number of thiazole rings is 1. The molecule has 3 amide bonds. The number of hydrogen-bond donors (Lipinski definition) is 2. The maximum atomic E-state index is 12.8. The molecule has 1 aliphatic heterocycles. The highest BCUT2D eigenvalue weighted by molar-refractivity contribution is 7.19. The average molecular weight is 400 g/mol. The molecule has 2 aromatic heterocycles. The summed E-state index contributed by atoms with van der Waals surface area (Å²) in [6, 6.07) is 0.127. The predicted octanol–water partition coefficient (Wildman–Crippen LogP) is 2.41. The number of carbonyl (C=O) groups is 2. The van der Waals surface area contributed by atoms with Crippen molar-refractivity contribution in [3.8, 4) is 10.6 Å². The summed E-state index contributed by atoms with van der Waals surface area (Å²) in [5.74, 6) is -1.83. The zero-order valence-electron chi connectivity index (χ0n) is 14.1. The zero-order chi connectivity index (χ0) is 19.8. The third-order valence-corrected chi connectivity index (χ3v) is 5.09. The average Bonchev–Trinajstić information content (AvgIpc) is 3.21. The third-order valence-electron chi connectivity index (χ3n) is 3.99. The first-order valence-corrected chi connectivity index (χ1v) is 8.73. The van der Waals surface area contributed by atoms with Crippen LogP contribution in [-0.2, 0) is 11.0 Å². The van der Waals surface area contributed by atoms with Gasteiger partial charge in [0.1, 0.15) is 6.04 Å². The van der Waals surface area contributed by atoms with Crippen molar-refractivity contribution in [1.29, 1.82) is 0 Å². The van der Waals surface area contributed by atoms with Gasteiger partial charge in [-0.2, -0.15) is 13.2 Å². The van der Waals surface area contributed by atoms with Gasteiger partial charge < -0.3 is 10.6 Å². The number of halogens is 3. The van der Waals surface area contributed by atoms with Crippen LogP contribution in [0, 0.1) is 6.92 Å². The van der Waals surface area contributed by atoms with E-state index in [2.05, 4.69) is 20.3 Å². The van der Waals surface area contributed by atoms with Gasteiger partial charge >= 0.3 is 12.2 Å². The molecule has 3 rings (SSSR count). The van der Waals surface area contributed by atoms with Crippen molar-refractivity contribution in [2.24, 2.45) is 5.73 Å². The number of alkyl halides is 3. The van der Waals surface area contributed by atoms with Gasteiger partial charge in [0.05, 0.1) is 16.3 Å². The standard InChI is InChI=1S/C15H15F3N6O2S/c1-7-10(8-4-5-20-12(22-8)15(16,17)18)27-13(21-7)23-14(26)24-6-2-3-9(24)11(19)25/h4-5,9H,2-3,6H2,1H3,(H2,19,25)(H,21,23,26)/t9-/m0/s1. The third kappa shape index (κ3) is 3.99. The number of nitrogens with zero attached hydrogens (tertiary/aromatic N) is 4. The predicted molar refractivity (Wildman–Crippen MR) is 90.8 cm³/mol. The maximum Gasteiger partial charge on any atom is 0.451 e. The van der Waals surface area contributed by atoms with Crippen LogP contribution in [0.5, 0.6) is 0 Å². The lowest BCUT2D eigenvalue weighted by molar-refractivity contribution is -0.144. The van der Waals surface area contributed by atoms with E-state index < -0.39 is 30.0 Å². The number of hydrogen-bond acceptors (Lipinski definition) is 6. The molecule has 0 bridgehead atoms. The van der Waals surface area contributed by atoms with E-state index >= 15 is 0 Å². The molecule has 1 atom stereocenters. The molecular weight excluding hydrogens is 385 g/mol. The molecule has 0 unspecified atom stereocenters. The summed E-state index contributed by atoms with van der Waals surface area (Å²) < 4.78 is 38.4. The van der Waals surface area contributed by atoms with E-state index in [4.69, 9.17) is 5.73 Å². The van der Waals surface area contributed by atoms with E-state index in [9.17, 15) is 22.8 Å². The highest BCUT2D eigenvalue weighted by atomic mass is 32.1. The molecule has 8 nitrogen and oxygen atoms in total. The number of primary amides is 1. The van der Waals surface area contributed by atoms with Gasteiger partial charge in [0.2, 0.25) is 11.7 Å². The number of anilines is 1. The Morgan fingerprint density at radius 3 is 2.78 bits per heavy atom. The summed E-state index contributed by atoms with van der Waals surface area (Å²) in [6.45, 7) is 1.98. The Morgan fingerprint density at radius 1 is 1.37 bits per heavy atom. The van der Waals surface area contributed by atoms with Crippen molar-refractivity contribution in [2.45, 2.75) is 32.0 Å². The summed E-state index contributed by atoms with van der Waals surface area (Å²) in [5, 5.41) is 2.76. The van der Waals surface area contributed by atoms with Crippen molar-refractivity contribution in [3.63, 3.8) is 0 Å². The lowest BCUT2D eigenvalue weighted by Gasteiger charge is -2.21. The van der Waals surface area contributed by atoms with Crippen molar-refractivity contribution < 1.29 is 22.8 Å². The molecule has 0 radical (unpaired) electrons. The van der Waals surface area contributed by atoms with Crippen LogP contribution in [0.25, 0.3) is 10.6 Å². The zero-order valence-corrected chi connectivity index (χ0v) is 14.9. The lowest BCUT2D eigenvalue weighted by atomic mass is 10.2. The van der Waals surface area contributed by atoms with Crippen molar-refractivity contribution in [1.82, 2.24) is 19.9 Å². The van der Waals surface area contributed by atoms with Crippen LogP contribution < -0.4 is 11.1 Å². The molecule has 3 heterocycles. The Balaban J connectivity index is 1.81. The molecule has 0 saturated carbocycles. The van der Waals surface area contributed by atoms with Gasteiger partial charge in [0, 0.05) is 12.7 Å². The molecule has 12 heteroatoms. The minimum atomic E-state index is -4.66. The monoisotopic (exact) mass is 400 g/mol. The van der Waals surface area contributed by atoms with E-state index in [0.29, 0.717) is 30.0 Å². The Kier molecular flexibility index (Phi) is 5.00. The van der Waals surface area contributed by atoms with Crippen LogP contribution in [-0.4, -0.2) is 44.4 Å². The second-order valence-corrected chi connectivity index (χ2v) is 6.88. The molecule has 27 heavy (non-hydrogen) atoms. The van der Waals surface area contributed by atoms with E-state index in [1.165, 1.54) is 11.0 Å². The maximum absolute atomic E-state index is 12.8. The fraction of sp³-hybridized carbons (Fsp3) is 0.400. The first kappa shape index (κ1) is 19.0. The number of likely N-dealkylation sites (tertiary alicyclic amines) is 1. The van der Waals surface area contributed by atoms with Crippen LogP contribution in [0.4, 0.5) is 23.1 Å². The minimum absolute atomic E-state index is 0.0593. The topological polar surface area (TPSA) is 114 Å². The highest BCUT2D eigenvalue weighted by Crippen LogP contribution is 2.34. The number of rotatable bonds is 3. The summed E-state index contributed by atoms with van der Waals surface area (Å²) >= 11 is 0.985. The molecule has 1 saturated heterocycles. The second-order valence-electron chi connectivity index (χ2n) is 5.88. The SMILES string of the molecule is Cc1nc(NC(=O)N2CCC[C@H]2C(N)=O)sc1-c1ccnc(C(F)(F)F)n1. The number of amides is 3. The second kappa shape index (κ2) is 7.10. The summed E-state index contributed by atoms with van der Waals surface area (Å²) in [6.07, 6.45) is -2.49. The molecule has 1 fully saturated rings. The largest absolute Gasteiger partial charge is 0.451 e. The summed E-state index contributed by atoms with van der Waals surface area (Å²) in [4.78, 5) is 36.4. The number of urea groups is 1. The van der Waals surface area contributed by atoms with Crippen LogP contribution in [0.1, 0.15) is 24.4 Å². The Hall–Kier alpha value is -2.76. The number of aromatic nitrogens is 3. The van der Waals surface area contributed by atoms with Crippen LogP contribution >= 0.6 is 11.3 Å². The Bertz CT molecular complexity index is 885. The number of aryl methyl sites for hydroxylation is 1. The molecule has 0 aliphatic carbocycles. The van der Waals surface area contributed by atoms with Crippen molar-refractivity contribution >= 4 is 28.4 Å². The molecule has 1 aliphatic rings. The van der Waals surface area contributed by atoms with Gasteiger partial charge in [-0.15, -0.1) is 0 Å². The molecule has 2 aromatic rings. The number of nitrogens with two attached hydrogens (primary N) is 1. The number of carbonyl (C=O) groups excluding carboxylic acids is 2. The van der Waals surface area contributed by atoms with E-state index in [1.807, 2.05) is 0 Å². The quantitative estimate of drug-likeness (QED) is 0.821. The first-order chi connectivity index (χ1) is 12.7. The van der Waals surface area contributed by atoms with E-state index in [-0.39, 0.29) is 10.8 Å². The summed E-state index contributed by atoms with van der Waals surface area (Å²) in [5.41, 5.74) is 5.76. The lowest BCUT2D eigenvalue weighted by Crippen LogP contribution is -2.45. The number of nitrogens with one attached hydrogen (secondary N) is 1. The minimum Gasteiger partial charge on any atom is -0.368 e. The molecule has 0 spiro atoms. The Morgan fingerprint density at radius 2 is 2.11 bits per heavy atom. The Labute approximate surface area is 155 Å². The summed E-state index contributed by atoms with van der Waals surface area (Å²) in [7, 11) is 0. The van der Waals surface area contributed by atoms with Gasteiger partial charge in [-0.1, -0.05) is 11.3 Å². The fourth-order valence-electron chi connectivity index (χ4n) is 2.78. The van der Waals surface area contributed by atoms with Crippen molar-refractivity contribution in [2.75, 3.05) is 11.9 Å². The van der Waals surface area contributed by atoms with Gasteiger partial charge in [0.25, 0.3) is 0 Å². The van der Waals surface area contributed by atoms with E-state index in [1.54, 1.807) is 6.92 Å². The first-order valence-electron chi connectivity index (χ1n) is 7.92. The van der Waals surface area contributed by atoms with Crippen LogP contribution in [0.3, 0.4) is 0 Å². The molecule has 3 N–H and O–H groups in total. The van der Waals surface area contributed by atoms with E-state index in [0.717, 1.165) is 17.5 Å². The normalized spacial score (nSPS) is 17.2. The van der Waals surface area contributed by atoms with Crippen molar-refractivity contribution in [3.05, 3.63) is 23.8 Å². The van der Waals surface area contributed by atoms with Crippen LogP contribution in [0.2, 0.25) is 0 Å². The fourth-order valence-corrected chi connectivity index (χ4v) is 3.70. The van der Waals surface area contributed by atoms with Gasteiger partial charge in [0.15, 0.2) is 5.13 Å². The highest BCUT2D eigenvalue weighted by Gasteiger charge is 2.35. The molecule has 144 valence electrons. The van der Waals surface area contributed by atoms with Gasteiger partial charge in [-0.25, -0.2) is 19.7 Å². The van der Waals surface area contributed by atoms with Gasteiger partial charge in [-0.05, 0) is 25.8 Å². The molecule has 0 aromatic carbocycles.